The van der Waals surface area contributed by atoms with Crippen molar-refractivity contribution in [3.05, 3.63) is 34.9 Å². The van der Waals surface area contributed by atoms with Crippen molar-refractivity contribution in [2.45, 2.75) is 47.1 Å². The Labute approximate surface area is 164 Å². The minimum atomic E-state index is -0.402. The van der Waals surface area contributed by atoms with E-state index in [0.717, 1.165) is 29.1 Å². The molecular formula is C19H27N7O2. The minimum Gasteiger partial charge on any atom is -0.339 e. The van der Waals surface area contributed by atoms with Crippen molar-refractivity contribution in [3.8, 4) is 11.3 Å². The Hall–Kier alpha value is -2.97. The van der Waals surface area contributed by atoms with Crippen LogP contribution < -0.4 is 5.32 Å². The number of carbonyl (C=O) groups is 1. The molecular weight excluding hydrogens is 358 g/mol. The summed E-state index contributed by atoms with van der Waals surface area (Å²) in [5.41, 5.74) is 3.99. The summed E-state index contributed by atoms with van der Waals surface area (Å²) in [6, 6.07) is 1.37. The lowest BCUT2D eigenvalue weighted by molar-refractivity contribution is 0.0923. The van der Waals surface area contributed by atoms with Gasteiger partial charge in [0.15, 0.2) is 5.82 Å². The third kappa shape index (κ3) is 3.83. The third-order valence-corrected chi connectivity index (χ3v) is 4.67. The van der Waals surface area contributed by atoms with Crippen LogP contribution in [0.1, 0.15) is 60.4 Å². The van der Waals surface area contributed by atoms with Gasteiger partial charge in [0, 0.05) is 31.8 Å². The van der Waals surface area contributed by atoms with Crippen LogP contribution in [-0.2, 0) is 20.5 Å². The highest BCUT2D eigenvalue weighted by atomic mass is 16.5. The normalized spacial score (nSPS) is 12.6. The molecule has 0 aliphatic heterocycles. The van der Waals surface area contributed by atoms with Crippen LogP contribution in [0, 0.1) is 19.8 Å². The second-order valence-corrected chi connectivity index (χ2v) is 7.55. The molecule has 1 amide bonds. The number of carbonyl (C=O) groups excluding carboxylic acids is 1. The first-order chi connectivity index (χ1) is 13.2. The van der Waals surface area contributed by atoms with E-state index < -0.39 is 6.04 Å². The quantitative estimate of drug-likeness (QED) is 0.699. The molecule has 0 saturated carbocycles. The number of nitrogens with zero attached hydrogens (tertiary/aromatic N) is 6. The van der Waals surface area contributed by atoms with Crippen molar-refractivity contribution < 1.29 is 9.32 Å². The largest absolute Gasteiger partial charge is 0.339 e. The van der Waals surface area contributed by atoms with Crippen molar-refractivity contribution in [2.75, 3.05) is 0 Å². The molecule has 0 aliphatic rings. The number of aromatic nitrogens is 6. The standard InChI is InChI=1S/C19H27N7O2/c1-10(2)8-16-21-19(28-24-16)12(4)20-18(27)15-9-14(23-26(15)7)17-11(3)22-25(6)13(17)5/h9-10,12H,8H2,1-7H3,(H,20,27). The van der Waals surface area contributed by atoms with E-state index in [-0.39, 0.29) is 5.91 Å². The van der Waals surface area contributed by atoms with Crippen LogP contribution in [0.15, 0.2) is 10.6 Å². The van der Waals surface area contributed by atoms with Gasteiger partial charge in [-0.05, 0) is 32.8 Å². The molecule has 0 radical (unpaired) electrons. The number of nitrogens with one attached hydrogen (secondary N) is 1. The second kappa shape index (κ2) is 7.57. The molecule has 9 nitrogen and oxygen atoms in total. The zero-order valence-electron chi connectivity index (χ0n) is 17.4. The topological polar surface area (TPSA) is 104 Å². The molecule has 0 fully saturated rings. The molecule has 150 valence electrons. The van der Waals surface area contributed by atoms with Gasteiger partial charge >= 0.3 is 0 Å². The molecule has 1 atom stereocenters. The Kier molecular flexibility index (Phi) is 5.35. The number of rotatable bonds is 6. The molecule has 1 unspecified atom stereocenters. The summed E-state index contributed by atoms with van der Waals surface area (Å²) in [5, 5.41) is 15.8. The van der Waals surface area contributed by atoms with Crippen LogP contribution in [0.4, 0.5) is 0 Å². The van der Waals surface area contributed by atoms with E-state index in [4.69, 9.17) is 4.52 Å². The summed E-state index contributed by atoms with van der Waals surface area (Å²) < 4.78 is 8.68. The lowest BCUT2D eigenvalue weighted by atomic mass is 10.1. The molecule has 1 N–H and O–H groups in total. The first-order valence-electron chi connectivity index (χ1n) is 9.35. The summed E-state index contributed by atoms with van der Waals surface area (Å²) in [4.78, 5) is 17.1. The molecule has 0 saturated heterocycles. The summed E-state index contributed by atoms with van der Waals surface area (Å²) >= 11 is 0. The van der Waals surface area contributed by atoms with Crippen molar-refractivity contribution in [3.63, 3.8) is 0 Å². The number of hydrogen-bond donors (Lipinski definition) is 1. The van der Waals surface area contributed by atoms with E-state index in [9.17, 15) is 4.79 Å². The molecule has 0 aromatic carbocycles. The summed E-state index contributed by atoms with van der Waals surface area (Å²) in [6.45, 7) is 9.91. The Morgan fingerprint density at radius 3 is 2.50 bits per heavy atom. The van der Waals surface area contributed by atoms with Crippen LogP contribution in [-0.4, -0.2) is 35.6 Å². The van der Waals surface area contributed by atoms with Gasteiger partial charge in [0.05, 0.1) is 11.4 Å². The van der Waals surface area contributed by atoms with E-state index in [1.807, 2.05) is 32.5 Å². The van der Waals surface area contributed by atoms with Crippen molar-refractivity contribution in [2.24, 2.45) is 20.0 Å². The molecule has 9 heteroatoms. The van der Waals surface area contributed by atoms with Gasteiger partial charge in [-0.2, -0.15) is 15.2 Å². The maximum Gasteiger partial charge on any atom is 0.270 e. The van der Waals surface area contributed by atoms with Gasteiger partial charge in [0.25, 0.3) is 5.91 Å². The van der Waals surface area contributed by atoms with Crippen LogP contribution in [0.3, 0.4) is 0 Å². The highest BCUT2D eigenvalue weighted by Gasteiger charge is 2.22. The van der Waals surface area contributed by atoms with Gasteiger partial charge in [-0.15, -0.1) is 0 Å². The van der Waals surface area contributed by atoms with E-state index in [2.05, 4.69) is 39.5 Å². The molecule has 0 spiro atoms. The van der Waals surface area contributed by atoms with E-state index in [0.29, 0.717) is 23.3 Å². The molecule has 0 aliphatic carbocycles. The summed E-state index contributed by atoms with van der Waals surface area (Å²) in [7, 11) is 3.64. The maximum atomic E-state index is 12.8. The van der Waals surface area contributed by atoms with E-state index in [1.54, 1.807) is 17.8 Å². The first kappa shape index (κ1) is 19.8. The minimum absolute atomic E-state index is 0.253. The number of amides is 1. The summed E-state index contributed by atoms with van der Waals surface area (Å²) in [5.74, 6) is 1.22. The predicted octanol–water partition coefficient (Wildman–Crippen LogP) is 2.51. The summed E-state index contributed by atoms with van der Waals surface area (Å²) in [6.07, 6.45) is 0.735. The van der Waals surface area contributed by atoms with Gasteiger partial charge in [-0.3, -0.25) is 14.2 Å². The Bertz CT molecular complexity index is 996. The Balaban J connectivity index is 1.78. The van der Waals surface area contributed by atoms with Crippen LogP contribution in [0.25, 0.3) is 11.3 Å². The molecule has 28 heavy (non-hydrogen) atoms. The van der Waals surface area contributed by atoms with E-state index >= 15 is 0 Å². The number of aryl methyl sites for hydroxylation is 3. The van der Waals surface area contributed by atoms with Crippen LogP contribution >= 0.6 is 0 Å². The van der Waals surface area contributed by atoms with Crippen molar-refractivity contribution in [1.29, 1.82) is 0 Å². The fraction of sp³-hybridized carbons (Fsp3) is 0.526. The lowest BCUT2D eigenvalue weighted by Crippen LogP contribution is -2.28. The molecule has 3 rings (SSSR count). The van der Waals surface area contributed by atoms with E-state index in [1.165, 1.54) is 0 Å². The monoisotopic (exact) mass is 385 g/mol. The Morgan fingerprint density at radius 2 is 1.89 bits per heavy atom. The third-order valence-electron chi connectivity index (χ3n) is 4.67. The molecule has 3 heterocycles. The zero-order chi connectivity index (χ0) is 20.6. The molecule has 3 aromatic rings. The second-order valence-electron chi connectivity index (χ2n) is 7.55. The SMILES string of the molecule is Cc1nn(C)c(C)c1-c1cc(C(=O)NC(C)c2nc(CC(C)C)no2)n(C)n1. The molecule has 3 aromatic heterocycles. The fourth-order valence-electron chi connectivity index (χ4n) is 3.17. The Morgan fingerprint density at radius 1 is 1.18 bits per heavy atom. The highest BCUT2D eigenvalue weighted by molar-refractivity contribution is 5.94. The average molecular weight is 385 g/mol. The first-order valence-corrected chi connectivity index (χ1v) is 9.35. The predicted molar refractivity (Wildman–Crippen MR) is 104 cm³/mol. The van der Waals surface area contributed by atoms with Crippen LogP contribution in [0.2, 0.25) is 0 Å². The zero-order valence-corrected chi connectivity index (χ0v) is 17.4. The fourth-order valence-corrected chi connectivity index (χ4v) is 3.17. The van der Waals surface area contributed by atoms with Crippen LogP contribution in [0.5, 0.6) is 0 Å². The van der Waals surface area contributed by atoms with Crippen molar-refractivity contribution >= 4 is 5.91 Å². The van der Waals surface area contributed by atoms with Gasteiger partial charge < -0.3 is 9.84 Å². The van der Waals surface area contributed by atoms with Gasteiger partial charge in [0.2, 0.25) is 5.89 Å². The smallest absolute Gasteiger partial charge is 0.270 e. The average Bonchev–Trinajstić information content (AvgIpc) is 3.26. The number of hydrogen-bond acceptors (Lipinski definition) is 6. The van der Waals surface area contributed by atoms with Gasteiger partial charge in [-0.25, -0.2) is 0 Å². The lowest BCUT2D eigenvalue weighted by Gasteiger charge is -2.09. The van der Waals surface area contributed by atoms with Gasteiger partial charge in [0.1, 0.15) is 11.7 Å². The molecule has 0 bridgehead atoms. The van der Waals surface area contributed by atoms with Gasteiger partial charge in [-0.1, -0.05) is 19.0 Å². The highest BCUT2D eigenvalue weighted by Crippen LogP contribution is 2.26. The van der Waals surface area contributed by atoms with Crippen molar-refractivity contribution in [1.82, 2.24) is 35.0 Å². The maximum absolute atomic E-state index is 12.8.